The van der Waals surface area contributed by atoms with E-state index >= 15 is 0 Å². The number of carbonyl (C=O) groups is 2. The van der Waals surface area contributed by atoms with Crippen LogP contribution in [0.2, 0.25) is 0 Å². The zero-order valence-electron chi connectivity index (χ0n) is 16.6. The molecule has 0 aliphatic carbocycles. The minimum atomic E-state index is -0.788. The monoisotopic (exact) mass is 393 g/mol. The van der Waals surface area contributed by atoms with Crippen LogP contribution in [0, 0.1) is 5.92 Å². The third-order valence-corrected chi connectivity index (χ3v) is 5.92. The number of benzene rings is 2. The summed E-state index contributed by atoms with van der Waals surface area (Å²) in [6.07, 6.45) is 2.49. The summed E-state index contributed by atoms with van der Waals surface area (Å²) >= 11 is 0. The molecule has 0 radical (unpaired) electrons. The lowest BCUT2D eigenvalue weighted by Crippen LogP contribution is -2.29. The van der Waals surface area contributed by atoms with E-state index in [-0.39, 0.29) is 12.1 Å². The highest BCUT2D eigenvalue weighted by Gasteiger charge is 2.33. The zero-order chi connectivity index (χ0) is 20.4. The van der Waals surface area contributed by atoms with Crippen LogP contribution in [-0.2, 0) is 24.1 Å². The van der Waals surface area contributed by atoms with Crippen LogP contribution in [-0.4, -0.2) is 36.7 Å². The van der Waals surface area contributed by atoms with Crippen molar-refractivity contribution in [1.29, 1.82) is 0 Å². The van der Waals surface area contributed by atoms with Crippen LogP contribution in [0.3, 0.4) is 0 Å². The number of amides is 2. The summed E-state index contributed by atoms with van der Waals surface area (Å²) in [5, 5.41) is 15.5. The van der Waals surface area contributed by atoms with Gasteiger partial charge in [0.2, 0.25) is 0 Å². The van der Waals surface area contributed by atoms with Crippen LogP contribution < -0.4 is 15.5 Å². The molecule has 1 saturated heterocycles. The van der Waals surface area contributed by atoms with Crippen LogP contribution in [0.25, 0.3) is 0 Å². The molecule has 2 aliphatic rings. The van der Waals surface area contributed by atoms with E-state index in [1.807, 2.05) is 35.2 Å². The van der Waals surface area contributed by atoms with Gasteiger partial charge in [-0.05, 0) is 66.7 Å². The average molecular weight is 393 g/mol. The summed E-state index contributed by atoms with van der Waals surface area (Å²) in [4.78, 5) is 25.5. The maximum Gasteiger partial charge on any atom is 0.322 e. The van der Waals surface area contributed by atoms with Crippen LogP contribution >= 0.6 is 0 Å². The first-order valence-electron chi connectivity index (χ1n) is 10.2. The second-order valence-electron chi connectivity index (χ2n) is 7.96. The van der Waals surface area contributed by atoms with Crippen LogP contribution in [0.4, 0.5) is 10.5 Å². The molecule has 2 unspecified atom stereocenters. The number of urea groups is 1. The normalized spacial score (nSPS) is 20.0. The van der Waals surface area contributed by atoms with E-state index in [0.29, 0.717) is 13.0 Å². The number of carboxylic acid groups (broad SMARTS) is 1. The first kappa shape index (κ1) is 19.5. The summed E-state index contributed by atoms with van der Waals surface area (Å²) in [6.45, 7) is 4.22. The lowest BCUT2D eigenvalue weighted by atomic mass is 9.97. The first-order valence-corrected chi connectivity index (χ1v) is 10.2. The zero-order valence-corrected chi connectivity index (χ0v) is 16.6. The van der Waals surface area contributed by atoms with Crippen molar-refractivity contribution in [1.82, 2.24) is 10.6 Å². The second kappa shape index (κ2) is 8.25. The van der Waals surface area contributed by atoms with E-state index in [4.69, 9.17) is 5.11 Å². The molecule has 2 aliphatic heterocycles. The summed E-state index contributed by atoms with van der Waals surface area (Å²) < 4.78 is 0. The van der Waals surface area contributed by atoms with Crippen molar-refractivity contribution in [2.45, 2.75) is 32.2 Å². The van der Waals surface area contributed by atoms with Gasteiger partial charge in [0.15, 0.2) is 0 Å². The van der Waals surface area contributed by atoms with Gasteiger partial charge in [0, 0.05) is 12.2 Å². The van der Waals surface area contributed by atoms with Gasteiger partial charge < -0.3 is 15.7 Å². The SMILES string of the molecule is CC(Cc1ccc(C2CNC(=O)N2c2ccc3c(c2)CCNCC3)cc1)C(=O)O. The summed E-state index contributed by atoms with van der Waals surface area (Å²) in [6, 6.07) is 14.2. The molecule has 0 aromatic heterocycles. The summed E-state index contributed by atoms with van der Waals surface area (Å²) in [5.41, 5.74) is 5.63. The molecule has 1 fully saturated rings. The van der Waals surface area contributed by atoms with Crippen molar-refractivity contribution >= 4 is 17.7 Å². The van der Waals surface area contributed by atoms with Crippen LogP contribution in [0.1, 0.15) is 35.2 Å². The van der Waals surface area contributed by atoms with Gasteiger partial charge >= 0.3 is 12.0 Å². The fourth-order valence-corrected chi connectivity index (χ4v) is 4.19. The molecular weight excluding hydrogens is 366 g/mol. The van der Waals surface area contributed by atoms with E-state index in [2.05, 4.69) is 22.8 Å². The maximum atomic E-state index is 12.6. The highest BCUT2D eigenvalue weighted by molar-refractivity contribution is 5.95. The smallest absolute Gasteiger partial charge is 0.322 e. The Hall–Kier alpha value is -2.86. The molecule has 6 nitrogen and oxygen atoms in total. The minimum Gasteiger partial charge on any atom is -0.481 e. The third-order valence-electron chi connectivity index (χ3n) is 5.92. The summed E-state index contributed by atoms with van der Waals surface area (Å²) in [7, 11) is 0. The maximum absolute atomic E-state index is 12.6. The molecule has 152 valence electrons. The van der Waals surface area contributed by atoms with E-state index in [0.717, 1.165) is 42.7 Å². The number of hydrogen-bond acceptors (Lipinski definition) is 3. The van der Waals surface area contributed by atoms with Gasteiger partial charge in [-0.25, -0.2) is 4.79 Å². The predicted molar refractivity (Wildman–Crippen MR) is 112 cm³/mol. The molecule has 2 atom stereocenters. The Bertz CT molecular complexity index is 910. The molecule has 4 rings (SSSR count). The third kappa shape index (κ3) is 4.12. The molecule has 2 aromatic rings. The van der Waals surface area contributed by atoms with E-state index in [1.54, 1.807) is 6.92 Å². The molecule has 2 aromatic carbocycles. The lowest BCUT2D eigenvalue weighted by Gasteiger charge is -2.25. The highest BCUT2D eigenvalue weighted by Crippen LogP contribution is 2.32. The number of carboxylic acids is 1. The molecule has 0 spiro atoms. The molecule has 29 heavy (non-hydrogen) atoms. The van der Waals surface area contributed by atoms with E-state index < -0.39 is 11.9 Å². The number of fused-ring (bicyclic) bond motifs is 1. The molecular formula is C23H27N3O3. The van der Waals surface area contributed by atoms with Crippen molar-refractivity contribution in [3.63, 3.8) is 0 Å². The Balaban J connectivity index is 1.57. The standard InChI is InChI=1S/C23H27N3O3/c1-15(22(27)28)12-16-2-4-18(5-3-16)21-14-25-23(29)26(21)20-7-6-17-8-10-24-11-9-19(17)13-20/h2-7,13,15,21,24H,8-12,14H2,1H3,(H,25,29)(H,27,28). The molecule has 0 bridgehead atoms. The molecule has 6 heteroatoms. The Morgan fingerprint density at radius 2 is 1.86 bits per heavy atom. The number of rotatable bonds is 5. The fraction of sp³-hybridized carbons (Fsp3) is 0.391. The Morgan fingerprint density at radius 3 is 2.59 bits per heavy atom. The van der Waals surface area contributed by atoms with Gasteiger partial charge in [0.25, 0.3) is 0 Å². The topological polar surface area (TPSA) is 81.7 Å². The minimum absolute atomic E-state index is 0.0737. The average Bonchev–Trinajstić information content (AvgIpc) is 2.95. The predicted octanol–water partition coefficient (Wildman–Crippen LogP) is 2.91. The number of aliphatic carboxylic acids is 1. The molecule has 3 N–H and O–H groups in total. The molecule has 0 saturated carbocycles. The summed E-state index contributed by atoms with van der Waals surface area (Å²) in [5.74, 6) is -1.20. The van der Waals surface area contributed by atoms with Gasteiger partial charge in [-0.15, -0.1) is 0 Å². The van der Waals surface area contributed by atoms with Gasteiger partial charge in [-0.3, -0.25) is 9.69 Å². The van der Waals surface area contributed by atoms with Gasteiger partial charge in [0.1, 0.15) is 0 Å². The molecule has 2 amide bonds. The quantitative estimate of drug-likeness (QED) is 0.730. The van der Waals surface area contributed by atoms with Crippen molar-refractivity contribution in [2.24, 2.45) is 5.92 Å². The number of anilines is 1. The van der Waals surface area contributed by atoms with Crippen molar-refractivity contribution in [3.05, 3.63) is 64.7 Å². The van der Waals surface area contributed by atoms with Crippen molar-refractivity contribution < 1.29 is 14.7 Å². The van der Waals surface area contributed by atoms with Crippen LogP contribution in [0.15, 0.2) is 42.5 Å². The fourth-order valence-electron chi connectivity index (χ4n) is 4.19. The number of carbonyl (C=O) groups excluding carboxylic acids is 1. The van der Waals surface area contributed by atoms with Crippen molar-refractivity contribution in [3.8, 4) is 0 Å². The number of hydrogen-bond donors (Lipinski definition) is 3. The number of nitrogens with zero attached hydrogens (tertiary/aromatic N) is 1. The molecule has 2 heterocycles. The second-order valence-corrected chi connectivity index (χ2v) is 7.96. The van der Waals surface area contributed by atoms with E-state index in [1.165, 1.54) is 11.1 Å². The van der Waals surface area contributed by atoms with Gasteiger partial charge in [-0.1, -0.05) is 37.3 Å². The van der Waals surface area contributed by atoms with Crippen LogP contribution in [0.5, 0.6) is 0 Å². The van der Waals surface area contributed by atoms with E-state index in [9.17, 15) is 9.59 Å². The lowest BCUT2D eigenvalue weighted by molar-refractivity contribution is -0.141. The first-order chi connectivity index (χ1) is 14.0. The van der Waals surface area contributed by atoms with Crippen molar-refractivity contribution in [2.75, 3.05) is 24.5 Å². The Labute approximate surface area is 170 Å². The number of nitrogens with one attached hydrogen (secondary N) is 2. The van der Waals surface area contributed by atoms with Gasteiger partial charge in [0.05, 0.1) is 12.0 Å². The highest BCUT2D eigenvalue weighted by atomic mass is 16.4. The van der Waals surface area contributed by atoms with Gasteiger partial charge in [-0.2, -0.15) is 0 Å². The largest absolute Gasteiger partial charge is 0.481 e. The Kier molecular flexibility index (Phi) is 5.53. The Morgan fingerprint density at radius 1 is 1.14 bits per heavy atom.